The van der Waals surface area contributed by atoms with Crippen LogP contribution in [0.2, 0.25) is 21.6 Å². The third-order valence-corrected chi connectivity index (χ3v) is 13.7. The normalized spacial score (nSPS) is 12.0. The molecule has 0 saturated heterocycles. The zero-order valence-electron chi connectivity index (χ0n) is 25.5. The molecule has 238 valence electrons. The van der Waals surface area contributed by atoms with Gasteiger partial charge >= 0.3 is 12.2 Å². The summed E-state index contributed by atoms with van der Waals surface area (Å²) in [5.41, 5.74) is 0.776. The van der Waals surface area contributed by atoms with Crippen LogP contribution in [-0.2, 0) is 10.6 Å². The van der Waals surface area contributed by atoms with Gasteiger partial charge in [0, 0.05) is 30.2 Å². The number of alkyl halides is 3. The van der Waals surface area contributed by atoms with E-state index in [1.807, 2.05) is 0 Å². The van der Waals surface area contributed by atoms with Crippen molar-refractivity contribution in [3.63, 3.8) is 0 Å². The Kier molecular flexibility index (Phi) is 11.8. The summed E-state index contributed by atoms with van der Waals surface area (Å²) in [6.45, 7) is 14.0. The molecule has 0 spiro atoms. The van der Waals surface area contributed by atoms with E-state index in [2.05, 4.69) is 62.5 Å². The fourth-order valence-electron chi connectivity index (χ4n) is 5.44. The summed E-state index contributed by atoms with van der Waals surface area (Å²) in [5, 5.41) is 7.29. The first-order chi connectivity index (χ1) is 20.6. The number of aromatic nitrogens is 1. The zero-order valence-corrected chi connectivity index (χ0v) is 27.3. The highest BCUT2D eigenvalue weighted by atomic mass is 35.5. The van der Waals surface area contributed by atoms with Crippen molar-refractivity contribution < 1.29 is 31.9 Å². The second kappa shape index (κ2) is 14.9. The third-order valence-electron chi connectivity index (χ3n) is 7.29. The molecule has 0 radical (unpaired) electrons. The Morgan fingerprint density at radius 2 is 1.45 bits per heavy atom. The maximum Gasteiger partial charge on any atom is 0.417 e. The lowest BCUT2D eigenvalue weighted by Gasteiger charge is -2.42. The molecule has 0 aliphatic carbocycles. The van der Waals surface area contributed by atoms with Crippen molar-refractivity contribution in [2.75, 3.05) is 23.8 Å². The molecule has 0 unspecified atom stereocenters. The van der Waals surface area contributed by atoms with Gasteiger partial charge in [-0.3, -0.25) is 9.78 Å². The summed E-state index contributed by atoms with van der Waals surface area (Å²) >= 11 is 5.62. The van der Waals surface area contributed by atoms with Crippen molar-refractivity contribution in [3.05, 3.63) is 77.1 Å². The largest absolute Gasteiger partial charge is 0.457 e. The van der Waals surface area contributed by atoms with Gasteiger partial charge in [0.25, 0.3) is 5.91 Å². The molecule has 0 atom stereocenters. The fraction of sp³-hybridized carbons (Fsp3) is 0.387. The highest BCUT2D eigenvalue weighted by Crippen LogP contribution is 2.42. The van der Waals surface area contributed by atoms with Crippen molar-refractivity contribution in [2.45, 2.75) is 64.3 Å². The average Bonchev–Trinajstić information content (AvgIpc) is 2.94. The molecule has 13 heteroatoms. The lowest BCUT2D eigenvalue weighted by atomic mass is 10.2. The molecule has 0 saturated carbocycles. The third kappa shape index (κ3) is 8.96. The Hall–Kier alpha value is -3.61. The second-order valence-corrected chi connectivity index (χ2v) is 17.1. The van der Waals surface area contributed by atoms with Gasteiger partial charge in [0.05, 0.1) is 17.2 Å². The molecule has 3 rings (SSSR count). The standard InChI is InChI=1S/C31H38ClF3N4O4Si/c1-19(2)44(20(3)4,21(5)6)42-16-15-37-29(40)28-18-25(13-14-36-28)43-24-10-7-22(8-11-24)38-30(41)39-23-9-12-27(32)26(17-23)31(33,34)35/h7-14,17-21H,15-16H2,1-6H3,(H,37,40)(H2,38,39,41). The minimum Gasteiger partial charge on any atom is -0.457 e. The van der Waals surface area contributed by atoms with E-state index < -0.39 is 31.1 Å². The number of nitrogens with one attached hydrogen (secondary N) is 3. The maximum atomic E-state index is 13.1. The Bertz CT molecular complexity index is 1410. The Labute approximate surface area is 261 Å². The number of anilines is 2. The van der Waals surface area contributed by atoms with Crippen molar-refractivity contribution in [2.24, 2.45) is 0 Å². The Morgan fingerprint density at radius 3 is 2.05 bits per heavy atom. The summed E-state index contributed by atoms with van der Waals surface area (Å²) in [7, 11) is -2.03. The number of halogens is 4. The predicted octanol–water partition coefficient (Wildman–Crippen LogP) is 9.11. The van der Waals surface area contributed by atoms with E-state index >= 15 is 0 Å². The van der Waals surface area contributed by atoms with Crippen molar-refractivity contribution in [1.29, 1.82) is 0 Å². The van der Waals surface area contributed by atoms with Crippen LogP contribution in [-0.4, -0.2) is 38.4 Å². The molecule has 3 N–H and O–H groups in total. The molecule has 0 fully saturated rings. The molecule has 3 amide bonds. The van der Waals surface area contributed by atoms with Crippen LogP contribution in [0.3, 0.4) is 0 Å². The molecule has 0 aliphatic rings. The first-order valence-electron chi connectivity index (χ1n) is 14.2. The number of hydrogen-bond donors (Lipinski definition) is 3. The molecule has 1 aromatic heterocycles. The predicted molar refractivity (Wildman–Crippen MR) is 169 cm³/mol. The Balaban J connectivity index is 1.54. The molecule has 3 aromatic rings. The van der Waals surface area contributed by atoms with Gasteiger partial charge in [-0.05, 0) is 65.2 Å². The number of ether oxygens (including phenoxy) is 1. The minimum absolute atomic E-state index is 0.0686. The number of urea groups is 1. The van der Waals surface area contributed by atoms with E-state index in [4.69, 9.17) is 20.8 Å². The lowest BCUT2D eigenvalue weighted by molar-refractivity contribution is -0.137. The van der Waals surface area contributed by atoms with Crippen LogP contribution in [0.15, 0.2) is 60.8 Å². The van der Waals surface area contributed by atoms with Gasteiger partial charge in [0.2, 0.25) is 0 Å². The van der Waals surface area contributed by atoms with E-state index in [1.54, 1.807) is 30.3 Å². The first-order valence-corrected chi connectivity index (χ1v) is 16.8. The molecule has 8 nitrogen and oxygen atoms in total. The Morgan fingerprint density at radius 1 is 0.864 bits per heavy atom. The number of hydrogen-bond acceptors (Lipinski definition) is 5. The minimum atomic E-state index is -4.65. The van der Waals surface area contributed by atoms with Crippen LogP contribution in [0.4, 0.5) is 29.3 Å². The van der Waals surface area contributed by atoms with Crippen LogP contribution in [0.25, 0.3) is 0 Å². The summed E-state index contributed by atoms with van der Waals surface area (Å²) in [4.78, 5) is 29.2. The molecule has 44 heavy (non-hydrogen) atoms. The topological polar surface area (TPSA) is 102 Å². The smallest absolute Gasteiger partial charge is 0.417 e. The van der Waals surface area contributed by atoms with E-state index in [1.165, 1.54) is 18.3 Å². The van der Waals surface area contributed by atoms with Crippen LogP contribution < -0.4 is 20.7 Å². The monoisotopic (exact) mass is 650 g/mol. The number of pyridine rings is 1. The van der Waals surface area contributed by atoms with E-state index in [-0.39, 0.29) is 17.3 Å². The van der Waals surface area contributed by atoms with Crippen LogP contribution in [0.1, 0.15) is 57.6 Å². The van der Waals surface area contributed by atoms with E-state index in [0.717, 1.165) is 12.1 Å². The van der Waals surface area contributed by atoms with E-state index in [0.29, 0.717) is 47.0 Å². The van der Waals surface area contributed by atoms with Gasteiger partial charge in [-0.15, -0.1) is 0 Å². The number of amides is 3. The number of carbonyl (C=O) groups excluding carboxylic acids is 2. The molecule has 2 aromatic carbocycles. The van der Waals surface area contributed by atoms with Gasteiger partial charge in [0.15, 0.2) is 8.32 Å². The SMILES string of the molecule is CC(C)[Si](OCCNC(=O)c1cc(Oc2ccc(NC(=O)Nc3ccc(Cl)c(C(F)(F)F)c3)cc2)ccn1)(C(C)C)C(C)C. The van der Waals surface area contributed by atoms with Crippen LogP contribution >= 0.6 is 11.6 Å². The molecule has 0 aliphatic heterocycles. The molecule has 0 bridgehead atoms. The first kappa shape index (κ1) is 34.9. The molecular weight excluding hydrogens is 613 g/mol. The van der Waals surface area contributed by atoms with Gasteiger partial charge in [-0.1, -0.05) is 53.1 Å². The average molecular weight is 651 g/mol. The van der Waals surface area contributed by atoms with Gasteiger partial charge in [-0.2, -0.15) is 13.2 Å². The summed E-state index contributed by atoms with van der Waals surface area (Å²) in [5.74, 6) is 0.458. The number of benzene rings is 2. The van der Waals surface area contributed by atoms with Crippen molar-refractivity contribution >= 4 is 43.2 Å². The van der Waals surface area contributed by atoms with Gasteiger partial charge in [0.1, 0.15) is 17.2 Å². The molecular formula is C31H38ClF3N4O4Si. The van der Waals surface area contributed by atoms with Crippen molar-refractivity contribution in [1.82, 2.24) is 10.3 Å². The van der Waals surface area contributed by atoms with E-state index in [9.17, 15) is 22.8 Å². The highest BCUT2D eigenvalue weighted by molar-refractivity contribution is 6.77. The van der Waals surface area contributed by atoms with Crippen LogP contribution in [0.5, 0.6) is 11.5 Å². The fourth-order valence-corrected chi connectivity index (χ4v) is 11.1. The van der Waals surface area contributed by atoms with Crippen molar-refractivity contribution in [3.8, 4) is 11.5 Å². The molecule has 1 heterocycles. The van der Waals surface area contributed by atoms with Gasteiger partial charge < -0.3 is 25.1 Å². The summed E-state index contributed by atoms with van der Waals surface area (Å²) < 4.78 is 51.6. The second-order valence-electron chi connectivity index (χ2n) is 11.2. The summed E-state index contributed by atoms with van der Waals surface area (Å²) in [6.07, 6.45) is -3.19. The van der Waals surface area contributed by atoms with Crippen LogP contribution in [0, 0.1) is 0 Å². The number of nitrogens with zero attached hydrogens (tertiary/aromatic N) is 1. The zero-order chi connectivity index (χ0) is 32.7. The number of rotatable bonds is 12. The maximum absolute atomic E-state index is 13.1. The lowest BCUT2D eigenvalue weighted by Crippen LogP contribution is -2.49. The number of carbonyl (C=O) groups is 2. The quantitative estimate of drug-likeness (QED) is 0.134. The van der Waals surface area contributed by atoms with Gasteiger partial charge in [-0.25, -0.2) is 4.79 Å². The summed E-state index contributed by atoms with van der Waals surface area (Å²) in [6, 6.07) is 11.8. The highest BCUT2D eigenvalue weighted by Gasteiger charge is 2.44.